The van der Waals surface area contributed by atoms with Crippen LogP contribution >= 0.6 is 0 Å². The van der Waals surface area contributed by atoms with Crippen LogP contribution in [0.15, 0.2) is 54.6 Å². The Hall–Kier alpha value is -4.07. The number of esters is 1. The lowest BCUT2D eigenvalue weighted by Gasteiger charge is -2.05. The van der Waals surface area contributed by atoms with Crippen LogP contribution in [0.3, 0.4) is 0 Å². The Bertz CT molecular complexity index is 1430. The number of carbonyl (C=O) groups is 1. The number of nitrogens with zero attached hydrogens (tertiary/aromatic N) is 6. The summed E-state index contributed by atoms with van der Waals surface area (Å²) in [6.45, 7) is 4.10. The topological polar surface area (TPSA) is 87.2 Å². The fourth-order valence-electron chi connectivity index (χ4n) is 3.87. The third-order valence-corrected chi connectivity index (χ3v) is 5.50. The minimum absolute atomic E-state index is 0.000502. The van der Waals surface area contributed by atoms with Crippen molar-refractivity contribution in [3.63, 3.8) is 0 Å². The summed E-state index contributed by atoms with van der Waals surface area (Å²) in [5, 5.41) is 18.6. The van der Waals surface area contributed by atoms with E-state index < -0.39 is 0 Å². The van der Waals surface area contributed by atoms with Gasteiger partial charge in [-0.2, -0.15) is 14.7 Å². The fourth-order valence-corrected chi connectivity index (χ4v) is 3.87. The van der Waals surface area contributed by atoms with E-state index in [-0.39, 0.29) is 12.4 Å². The van der Waals surface area contributed by atoms with E-state index in [9.17, 15) is 4.79 Å². The zero-order chi connectivity index (χ0) is 22.2. The van der Waals surface area contributed by atoms with Gasteiger partial charge in [-0.25, -0.2) is 4.68 Å². The maximum atomic E-state index is 12.0. The predicted molar refractivity (Wildman–Crippen MR) is 121 cm³/mol. The highest BCUT2D eigenvalue weighted by Crippen LogP contribution is 2.30. The monoisotopic (exact) mass is 426 g/mol. The van der Waals surface area contributed by atoms with E-state index in [1.165, 1.54) is 7.11 Å². The van der Waals surface area contributed by atoms with Crippen LogP contribution in [0.25, 0.3) is 33.6 Å². The first-order valence-electron chi connectivity index (χ1n) is 10.5. The van der Waals surface area contributed by atoms with Crippen LogP contribution < -0.4 is 0 Å². The van der Waals surface area contributed by atoms with Crippen molar-refractivity contribution in [1.82, 2.24) is 29.6 Å². The highest BCUT2D eigenvalue weighted by Gasteiger charge is 2.24. The Morgan fingerprint density at radius 2 is 1.72 bits per heavy atom. The summed E-state index contributed by atoms with van der Waals surface area (Å²) in [7, 11) is 1.36. The van der Waals surface area contributed by atoms with Gasteiger partial charge in [0.15, 0.2) is 16.8 Å². The lowest BCUT2D eigenvalue weighted by Crippen LogP contribution is -2.06. The van der Waals surface area contributed by atoms with Gasteiger partial charge in [0.25, 0.3) is 0 Å². The molecule has 0 spiro atoms. The van der Waals surface area contributed by atoms with Crippen molar-refractivity contribution in [3.8, 4) is 16.8 Å². The number of rotatable bonds is 5. The first kappa shape index (κ1) is 19.9. The first-order valence-corrected chi connectivity index (χ1v) is 10.5. The van der Waals surface area contributed by atoms with E-state index >= 15 is 0 Å². The Labute approximate surface area is 184 Å². The summed E-state index contributed by atoms with van der Waals surface area (Å²) < 4.78 is 8.42. The smallest absolute Gasteiger partial charge is 0.311 e. The van der Waals surface area contributed by atoms with Crippen molar-refractivity contribution in [2.45, 2.75) is 26.7 Å². The van der Waals surface area contributed by atoms with E-state index in [0.717, 1.165) is 34.5 Å². The third kappa shape index (κ3) is 3.20. The first-order chi connectivity index (χ1) is 15.6. The average molecular weight is 426 g/mol. The molecule has 3 heterocycles. The summed E-state index contributed by atoms with van der Waals surface area (Å²) in [6, 6.07) is 18.1. The number of aryl methyl sites for hydroxylation is 2. The second kappa shape index (κ2) is 7.88. The SMILES string of the molecule is CCc1nn2c(nnc3c(CC(=O)OC)nn(-c4ccc(C)cc4)c32)c1-c1ccccc1. The molecule has 5 aromatic rings. The summed E-state index contributed by atoms with van der Waals surface area (Å²) in [5.74, 6) is -0.387. The molecule has 160 valence electrons. The van der Waals surface area contributed by atoms with Gasteiger partial charge in [-0.1, -0.05) is 55.0 Å². The summed E-state index contributed by atoms with van der Waals surface area (Å²) in [4.78, 5) is 12.0. The number of ether oxygens (including phenoxy) is 1. The molecule has 0 N–H and O–H groups in total. The van der Waals surface area contributed by atoms with Gasteiger partial charge >= 0.3 is 5.97 Å². The standard InChI is InChI=1S/C24H22N6O2/c1-4-18-21(16-8-6-5-7-9-16)23-26-25-22-19(14-20(31)32-3)28-29(24(22)30(23)27-18)17-12-10-15(2)11-13-17/h5-13H,4,14H2,1-3H3. The molecule has 32 heavy (non-hydrogen) atoms. The lowest BCUT2D eigenvalue weighted by molar-refractivity contribution is -0.139. The van der Waals surface area contributed by atoms with E-state index in [0.29, 0.717) is 22.5 Å². The zero-order valence-electron chi connectivity index (χ0n) is 18.1. The van der Waals surface area contributed by atoms with Gasteiger partial charge in [0, 0.05) is 0 Å². The van der Waals surface area contributed by atoms with E-state index in [1.807, 2.05) is 61.5 Å². The molecule has 0 unspecified atom stereocenters. The summed E-state index contributed by atoms with van der Waals surface area (Å²) in [5.41, 5.74) is 7.23. The number of carbonyl (C=O) groups excluding carboxylic acids is 1. The molecule has 3 aromatic heterocycles. The van der Waals surface area contributed by atoms with Crippen LogP contribution in [0.4, 0.5) is 0 Å². The molecule has 0 saturated carbocycles. The van der Waals surface area contributed by atoms with Crippen LogP contribution in [-0.2, 0) is 22.4 Å². The van der Waals surface area contributed by atoms with Gasteiger partial charge in [-0.15, -0.1) is 10.2 Å². The average Bonchev–Trinajstić information content (AvgIpc) is 3.38. The number of methoxy groups -OCH3 is 1. The van der Waals surface area contributed by atoms with Crippen LogP contribution in [0.1, 0.15) is 23.9 Å². The molecular formula is C24H22N6O2. The molecule has 0 amide bonds. The van der Waals surface area contributed by atoms with E-state index in [4.69, 9.17) is 14.9 Å². The second-order valence-electron chi connectivity index (χ2n) is 7.60. The Balaban J connectivity index is 1.85. The van der Waals surface area contributed by atoms with Crippen molar-refractivity contribution >= 4 is 22.8 Å². The van der Waals surface area contributed by atoms with Crippen LogP contribution in [0, 0.1) is 6.92 Å². The normalized spacial score (nSPS) is 11.3. The number of aromatic nitrogens is 6. The predicted octanol–water partition coefficient (Wildman–Crippen LogP) is 3.72. The lowest BCUT2D eigenvalue weighted by atomic mass is 10.0. The molecule has 0 aliphatic heterocycles. The Morgan fingerprint density at radius 1 is 0.969 bits per heavy atom. The van der Waals surface area contributed by atoms with Gasteiger partial charge in [0.2, 0.25) is 0 Å². The minimum Gasteiger partial charge on any atom is -0.469 e. The van der Waals surface area contributed by atoms with Gasteiger partial charge in [0.05, 0.1) is 30.5 Å². The molecule has 0 atom stereocenters. The van der Waals surface area contributed by atoms with E-state index in [2.05, 4.69) is 17.1 Å². The van der Waals surface area contributed by atoms with Gasteiger partial charge in [-0.3, -0.25) is 4.79 Å². The minimum atomic E-state index is -0.387. The molecule has 0 aliphatic rings. The Kier molecular flexibility index (Phi) is 4.89. The van der Waals surface area contributed by atoms with Crippen LogP contribution in [0.5, 0.6) is 0 Å². The summed E-state index contributed by atoms with van der Waals surface area (Å²) >= 11 is 0. The van der Waals surface area contributed by atoms with Gasteiger partial charge in [0.1, 0.15) is 5.69 Å². The molecule has 8 heteroatoms. The largest absolute Gasteiger partial charge is 0.469 e. The van der Waals surface area contributed by atoms with Crippen molar-refractivity contribution in [3.05, 3.63) is 71.5 Å². The Morgan fingerprint density at radius 3 is 2.41 bits per heavy atom. The zero-order valence-corrected chi connectivity index (χ0v) is 18.1. The quantitative estimate of drug-likeness (QED) is 0.398. The molecule has 2 aromatic carbocycles. The van der Waals surface area contributed by atoms with Crippen molar-refractivity contribution in [2.24, 2.45) is 0 Å². The van der Waals surface area contributed by atoms with Crippen molar-refractivity contribution in [1.29, 1.82) is 0 Å². The van der Waals surface area contributed by atoms with Gasteiger partial charge in [-0.05, 0) is 31.0 Å². The molecular weight excluding hydrogens is 404 g/mol. The van der Waals surface area contributed by atoms with Crippen molar-refractivity contribution < 1.29 is 9.53 Å². The maximum absolute atomic E-state index is 12.0. The number of fused-ring (bicyclic) bond motifs is 3. The van der Waals surface area contributed by atoms with E-state index in [1.54, 1.807) is 9.20 Å². The molecule has 0 bridgehead atoms. The summed E-state index contributed by atoms with van der Waals surface area (Å²) in [6.07, 6.45) is 0.738. The number of hydrogen-bond acceptors (Lipinski definition) is 6. The van der Waals surface area contributed by atoms with Crippen LogP contribution in [-0.4, -0.2) is 42.7 Å². The molecule has 8 nitrogen and oxygen atoms in total. The molecule has 5 rings (SSSR count). The second-order valence-corrected chi connectivity index (χ2v) is 7.60. The van der Waals surface area contributed by atoms with Crippen molar-refractivity contribution in [2.75, 3.05) is 7.11 Å². The highest BCUT2D eigenvalue weighted by atomic mass is 16.5. The maximum Gasteiger partial charge on any atom is 0.311 e. The molecule has 0 fully saturated rings. The molecule has 0 saturated heterocycles. The fraction of sp³-hybridized carbons (Fsp3) is 0.208. The molecule has 0 aliphatic carbocycles. The number of benzene rings is 2. The van der Waals surface area contributed by atoms with Crippen LogP contribution in [0.2, 0.25) is 0 Å². The third-order valence-electron chi connectivity index (χ3n) is 5.50. The van der Waals surface area contributed by atoms with Gasteiger partial charge < -0.3 is 4.74 Å². The number of hydrogen-bond donors (Lipinski definition) is 0. The highest BCUT2D eigenvalue weighted by molar-refractivity contribution is 5.87. The molecule has 0 radical (unpaired) electrons.